The van der Waals surface area contributed by atoms with E-state index >= 15 is 0 Å². The van der Waals surface area contributed by atoms with Crippen LogP contribution in [0.4, 0.5) is 0 Å². The van der Waals surface area contributed by atoms with Crippen molar-refractivity contribution >= 4 is 11.9 Å². The molecule has 1 atom stereocenters. The number of allylic oxidation sites excluding steroid dienone is 1. The summed E-state index contributed by atoms with van der Waals surface area (Å²) in [5.74, 6) is 3.21. The molecule has 0 bridgehead atoms. The highest BCUT2D eigenvalue weighted by atomic mass is 16.3. The Hall–Kier alpha value is -1.40. The van der Waals surface area contributed by atoms with Crippen molar-refractivity contribution in [1.82, 2.24) is 0 Å². The van der Waals surface area contributed by atoms with Gasteiger partial charge in [0.2, 0.25) is 0 Å². The van der Waals surface area contributed by atoms with Gasteiger partial charge in [0.1, 0.15) is 18.0 Å². The molecule has 1 rings (SSSR count). The van der Waals surface area contributed by atoms with E-state index in [0.717, 1.165) is 5.57 Å². The van der Waals surface area contributed by atoms with Crippen molar-refractivity contribution in [3.05, 3.63) is 22.8 Å². The van der Waals surface area contributed by atoms with E-state index in [-0.39, 0.29) is 11.1 Å². The summed E-state index contributed by atoms with van der Waals surface area (Å²) in [5, 5.41) is 9.30. The molecule has 0 heterocycles. The second kappa shape index (κ2) is 3.33. The molecule has 0 aromatic carbocycles. The first-order valence-electron chi connectivity index (χ1n) is 3.53. The summed E-state index contributed by atoms with van der Waals surface area (Å²) in [6.07, 6.45) is 0.817. The van der Waals surface area contributed by atoms with Crippen LogP contribution in [0.3, 0.4) is 0 Å². The fourth-order valence-electron chi connectivity index (χ4n) is 1.16. The van der Waals surface area contributed by atoms with Gasteiger partial charge in [-0.05, 0) is 13.0 Å². The molecule has 0 spiro atoms. The lowest BCUT2D eigenvalue weighted by Gasteiger charge is -2.16. The molecule has 1 aliphatic carbocycles. The van der Waals surface area contributed by atoms with Crippen LogP contribution in [0.15, 0.2) is 22.8 Å². The van der Waals surface area contributed by atoms with Crippen molar-refractivity contribution in [3.63, 3.8) is 0 Å². The second-order valence-electron chi connectivity index (χ2n) is 2.75. The first-order valence-corrected chi connectivity index (χ1v) is 3.53. The van der Waals surface area contributed by atoms with Gasteiger partial charge in [-0.25, -0.2) is 9.59 Å². The Morgan fingerprint density at radius 3 is 2.67 bits per heavy atom. The fourth-order valence-corrected chi connectivity index (χ4v) is 1.16. The van der Waals surface area contributed by atoms with Gasteiger partial charge in [0.05, 0.1) is 11.1 Å². The fraction of sp³-hybridized carbons (Fsp3) is 0.333. The monoisotopic (exact) mass is 164 g/mol. The number of hydrogen-bond acceptors (Lipinski definition) is 3. The predicted octanol–water partition coefficient (Wildman–Crippen LogP) is 0.213. The van der Waals surface area contributed by atoms with Gasteiger partial charge in [-0.1, -0.05) is 5.57 Å². The van der Waals surface area contributed by atoms with Crippen LogP contribution < -0.4 is 0 Å². The minimum atomic E-state index is -1.11. The van der Waals surface area contributed by atoms with E-state index in [0.29, 0.717) is 6.42 Å². The van der Waals surface area contributed by atoms with Gasteiger partial charge < -0.3 is 5.11 Å². The minimum Gasteiger partial charge on any atom is -0.382 e. The molecule has 0 aromatic rings. The van der Waals surface area contributed by atoms with Gasteiger partial charge in [-0.15, -0.1) is 0 Å². The van der Waals surface area contributed by atoms with Gasteiger partial charge >= 0.3 is 0 Å². The number of carbonyl (C=O) groups excluding carboxylic acids is 2. The maximum atomic E-state index is 10.3. The molecule has 3 nitrogen and oxygen atoms in total. The SMILES string of the molecule is CC1=CC(=C=O)C(O)C(=C=O)C1. The zero-order valence-corrected chi connectivity index (χ0v) is 6.63. The third kappa shape index (κ3) is 1.44. The summed E-state index contributed by atoms with van der Waals surface area (Å²) in [4.78, 5) is 20.6. The van der Waals surface area contributed by atoms with E-state index in [1.807, 2.05) is 0 Å². The van der Waals surface area contributed by atoms with Crippen LogP contribution >= 0.6 is 0 Å². The standard InChI is InChI=1S/C9H8O3/c1-6-2-7(4-10)9(12)8(3-6)5-11/h2,9,12H,3H2,1H3. The summed E-state index contributed by atoms with van der Waals surface area (Å²) in [7, 11) is 0. The summed E-state index contributed by atoms with van der Waals surface area (Å²) in [5.41, 5.74) is 1.17. The molecule has 0 fully saturated rings. The summed E-state index contributed by atoms with van der Waals surface area (Å²) >= 11 is 0. The number of rotatable bonds is 0. The van der Waals surface area contributed by atoms with Crippen molar-refractivity contribution in [2.45, 2.75) is 19.4 Å². The highest BCUT2D eigenvalue weighted by Crippen LogP contribution is 2.23. The first kappa shape index (κ1) is 8.69. The van der Waals surface area contributed by atoms with E-state index in [9.17, 15) is 14.7 Å². The zero-order valence-electron chi connectivity index (χ0n) is 6.63. The van der Waals surface area contributed by atoms with E-state index < -0.39 is 6.10 Å². The Morgan fingerprint density at radius 1 is 1.50 bits per heavy atom. The van der Waals surface area contributed by atoms with Gasteiger partial charge in [0.15, 0.2) is 0 Å². The molecule has 0 radical (unpaired) electrons. The van der Waals surface area contributed by atoms with Crippen molar-refractivity contribution < 1.29 is 14.7 Å². The van der Waals surface area contributed by atoms with Gasteiger partial charge in [-0.2, -0.15) is 0 Å². The number of aliphatic hydroxyl groups is 1. The highest BCUT2D eigenvalue weighted by molar-refractivity contribution is 5.68. The number of aliphatic hydroxyl groups excluding tert-OH is 1. The highest BCUT2D eigenvalue weighted by Gasteiger charge is 2.21. The maximum absolute atomic E-state index is 10.3. The maximum Gasteiger partial charge on any atom is 0.131 e. The average molecular weight is 164 g/mol. The molecule has 0 saturated heterocycles. The van der Waals surface area contributed by atoms with Crippen molar-refractivity contribution in [2.75, 3.05) is 0 Å². The van der Waals surface area contributed by atoms with Crippen LogP contribution in [0.2, 0.25) is 0 Å². The van der Waals surface area contributed by atoms with Crippen LogP contribution in [0.5, 0.6) is 0 Å². The predicted molar refractivity (Wildman–Crippen MR) is 42.8 cm³/mol. The van der Waals surface area contributed by atoms with Gasteiger partial charge in [-0.3, -0.25) is 0 Å². The van der Waals surface area contributed by atoms with Gasteiger partial charge in [0, 0.05) is 6.42 Å². The van der Waals surface area contributed by atoms with Crippen molar-refractivity contribution in [3.8, 4) is 0 Å². The Morgan fingerprint density at radius 2 is 2.17 bits per heavy atom. The Kier molecular flexibility index (Phi) is 2.41. The normalized spacial score (nSPS) is 22.8. The lowest BCUT2D eigenvalue weighted by atomic mass is 9.90. The molecule has 1 unspecified atom stereocenters. The van der Waals surface area contributed by atoms with Crippen LogP contribution in [0, 0.1) is 0 Å². The molecule has 3 heteroatoms. The smallest absolute Gasteiger partial charge is 0.131 e. The molecule has 12 heavy (non-hydrogen) atoms. The van der Waals surface area contributed by atoms with Crippen LogP contribution in [0.1, 0.15) is 13.3 Å². The summed E-state index contributed by atoms with van der Waals surface area (Å²) < 4.78 is 0. The van der Waals surface area contributed by atoms with Crippen LogP contribution in [0.25, 0.3) is 0 Å². The van der Waals surface area contributed by atoms with Crippen molar-refractivity contribution in [2.24, 2.45) is 0 Å². The largest absolute Gasteiger partial charge is 0.382 e. The third-order valence-electron chi connectivity index (χ3n) is 1.74. The first-order chi connectivity index (χ1) is 5.69. The Labute approximate surface area is 69.7 Å². The third-order valence-corrected chi connectivity index (χ3v) is 1.74. The molecule has 0 saturated carbocycles. The van der Waals surface area contributed by atoms with E-state index in [4.69, 9.17) is 0 Å². The van der Waals surface area contributed by atoms with E-state index in [1.54, 1.807) is 24.9 Å². The summed E-state index contributed by atoms with van der Waals surface area (Å²) in [6.45, 7) is 1.78. The van der Waals surface area contributed by atoms with Crippen molar-refractivity contribution in [1.29, 1.82) is 0 Å². The van der Waals surface area contributed by atoms with Crippen LogP contribution in [-0.4, -0.2) is 23.1 Å². The van der Waals surface area contributed by atoms with E-state index in [1.165, 1.54) is 0 Å². The molecule has 1 N–H and O–H groups in total. The molecular weight excluding hydrogens is 156 g/mol. The quantitative estimate of drug-likeness (QED) is 0.521. The minimum absolute atomic E-state index is 0.108. The molecule has 62 valence electrons. The zero-order chi connectivity index (χ0) is 9.14. The molecular formula is C9H8O3. The van der Waals surface area contributed by atoms with Crippen LogP contribution in [-0.2, 0) is 9.59 Å². The Bertz CT molecular complexity index is 326. The number of hydrogen-bond donors (Lipinski definition) is 1. The van der Waals surface area contributed by atoms with E-state index in [2.05, 4.69) is 0 Å². The average Bonchev–Trinajstić information content (AvgIpc) is 2.08. The van der Waals surface area contributed by atoms with Gasteiger partial charge in [0.25, 0.3) is 0 Å². The lowest BCUT2D eigenvalue weighted by molar-refractivity contribution is 0.247. The lowest BCUT2D eigenvalue weighted by Crippen LogP contribution is -2.18. The topological polar surface area (TPSA) is 54.4 Å². The Balaban J connectivity index is 3.18. The summed E-state index contributed by atoms with van der Waals surface area (Å²) in [6, 6.07) is 0. The molecule has 0 aliphatic heterocycles. The molecule has 0 aromatic heterocycles. The second-order valence-corrected chi connectivity index (χ2v) is 2.75. The molecule has 0 amide bonds. The molecule has 1 aliphatic rings.